The molecule has 0 spiro atoms. The first-order valence-electron chi connectivity index (χ1n) is 5.89. The largest absolute Gasteiger partial charge is 0.490 e. The van der Waals surface area contributed by atoms with Crippen molar-refractivity contribution in [1.29, 1.82) is 0 Å². The van der Waals surface area contributed by atoms with E-state index in [1.165, 1.54) is 6.07 Å². The summed E-state index contributed by atoms with van der Waals surface area (Å²) in [6, 6.07) is 3.13. The van der Waals surface area contributed by atoms with Crippen LogP contribution in [-0.4, -0.2) is 22.7 Å². The zero-order valence-corrected chi connectivity index (χ0v) is 11.1. The molecule has 0 saturated heterocycles. The molecular weight excluding hydrogens is 234 g/mol. The van der Waals surface area contributed by atoms with Gasteiger partial charge >= 0.3 is 0 Å². The molecule has 0 heterocycles. The number of aryl methyl sites for hydroxylation is 2. The van der Waals surface area contributed by atoms with Crippen molar-refractivity contribution in [3.8, 4) is 5.75 Å². The Hall–Kier alpha value is -1.62. The zero-order chi connectivity index (χ0) is 13.9. The van der Waals surface area contributed by atoms with Gasteiger partial charge in [0.05, 0.1) is 17.1 Å². The quantitative estimate of drug-likeness (QED) is 0.646. The van der Waals surface area contributed by atoms with Crippen LogP contribution in [0.3, 0.4) is 0 Å². The molecule has 1 atom stereocenters. The number of nitro groups is 1. The van der Waals surface area contributed by atoms with Gasteiger partial charge in [-0.2, -0.15) is 0 Å². The van der Waals surface area contributed by atoms with Gasteiger partial charge in [-0.1, -0.05) is 13.8 Å². The van der Waals surface area contributed by atoms with Crippen molar-refractivity contribution in [2.45, 2.75) is 33.8 Å². The highest BCUT2D eigenvalue weighted by Crippen LogP contribution is 2.28. The lowest BCUT2D eigenvalue weighted by molar-refractivity contribution is -0.385. The normalized spacial score (nSPS) is 12.6. The lowest BCUT2D eigenvalue weighted by Gasteiger charge is -2.16. The zero-order valence-electron chi connectivity index (χ0n) is 11.1. The summed E-state index contributed by atoms with van der Waals surface area (Å²) < 4.78 is 5.45. The van der Waals surface area contributed by atoms with Crippen LogP contribution in [0.4, 0.5) is 5.69 Å². The fraction of sp³-hybridized carbons (Fsp3) is 0.538. The lowest BCUT2D eigenvalue weighted by Crippen LogP contribution is -2.23. The summed E-state index contributed by atoms with van der Waals surface area (Å²) in [5.74, 6) is 0.540. The predicted octanol–water partition coefficient (Wildman–Crippen LogP) is 2.61. The number of aliphatic hydroxyl groups is 1. The number of rotatable bonds is 5. The fourth-order valence-corrected chi connectivity index (χ4v) is 1.54. The van der Waals surface area contributed by atoms with Crippen molar-refractivity contribution in [2.75, 3.05) is 6.61 Å². The fourth-order valence-electron chi connectivity index (χ4n) is 1.54. The SMILES string of the molecule is Cc1cc(C)c([N+](=O)[O-])cc1OCC(O)C(C)C. The molecule has 0 bridgehead atoms. The number of nitro benzene ring substituents is 1. The van der Waals surface area contributed by atoms with E-state index >= 15 is 0 Å². The van der Waals surface area contributed by atoms with Gasteiger partial charge in [0.25, 0.3) is 5.69 Å². The van der Waals surface area contributed by atoms with Gasteiger partial charge in [-0.15, -0.1) is 0 Å². The van der Waals surface area contributed by atoms with Gasteiger partial charge in [-0.05, 0) is 31.4 Å². The number of benzene rings is 1. The van der Waals surface area contributed by atoms with Gasteiger partial charge in [0.2, 0.25) is 0 Å². The highest BCUT2D eigenvalue weighted by Gasteiger charge is 2.16. The summed E-state index contributed by atoms with van der Waals surface area (Å²) in [7, 11) is 0. The highest BCUT2D eigenvalue weighted by molar-refractivity contribution is 5.49. The molecule has 18 heavy (non-hydrogen) atoms. The second-order valence-electron chi connectivity index (χ2n) is 4.78. The van der Waals surface area contributed by atoms with E-state index in [4.69, 9.17) is 4.74 Å². The molecule has 0 aliphatic carbocycles. The molecule has 1 unspecified atom stereocenters. The third-order valence-corrected chi connectivity index (χ3v) is 2.87. The van der Waals surface area contributed by atoms with Crippen molar-refractivity contribution >= 4 is 5.69 Å². The summed E-state index contributed by atoms with van der Waals surface area (Å²) in [5, 5.41) is 20.5. The average molecular weight is 253 g/mol. The molecule has 1 aromatic rings. The van der Waals surface area contributed by atoms with E-state index in [-0.39, 0.29) is 18.2 Å². The molecule has 0 aromatic heterocycles. The Balaban J connectivity index is 2.89. The highest BCUT2D eigenvalue weighted by atomic mass is 16.6. The maximum absolute atomic E-state index is 10.8. The van der Waals surface area contributed by atoms with Crippen molar-refractivity contribution in [1.82, 2.24) is 0 Å². The van der Waals surface area contributed by atoms with E-state index in [0.29, 0.717) is 11.3 Å². The molecule has 1 rings (SSSR count). The van der Waals surface area contributed by atoms with Crippen molar-refractivity contribution in [3.63, 3.8) is 0 Å². The summed E-state index contributed by atoms with van der Waals surface area (Å²) in [4.78, 5) is 10.4. The first-order valence-corrected chi connectivity index (χ1v) is 5.89. The van der Waals surface area contributed by atoms with Gasteiger partial charge in [-0.3, -0.25) is 10.1 Å². The molecule has 100 valence electrons. The van der Waals surface area contributed by atoms with Gasteiger partial charge in [-0.25, -0.2) is 0 Å². The molecule has 0 amide bonds. The van der Waals surface area contributed by atoms with E-state index < -0.39 is 11.0 Å². The van der Waals surface area contributed by atoms with Crippen LogP contribution < -0.4 is 4.74 Å². The van der Waals surface area contributed by atoms with Crippen LogP contribution in [0.2, 0.25) is 0 Å². The van der Waals surface area contributed by atoms with Crippen LogP contribution in [0.5, 0.6) is 5.75 Å². The Bertz CT molecular complexity index is 443. The number of aliphatic hydroxyl groups excluding tert-OH is 1. The molecule has 1 N–H and O–H groups in total. The predicted molar refractivity (Wildman–Crippen MR) is 68.9 cm³/mol. The second-order valence-corrected chi connectivity index (χ2v) is 4.78. The van der Waals surface area contributed by atoms with E-state index in [0.717, 1.165) is 5.56 Å². The van der Waals surface area contributed by atoms with E-state index in [1.807, 2.05) is 20.8 Å². The number of hydrogen-bond donors (Lipinski definition) is 1. The van der Waals surface area contributed by atoms with Crippen LogP contribution in [-0.2, 0) is 0 Å². The van der Waals surface area contributed by atoms with E-state index in [2.05, 4.69) is 0 Å². The topological polar surface area (TPSA) is 72.6 Å². The van der Waals surface area contributed by atoms with E-state index in [9.17, 15) is 15.2 Å². The molecule has 5 heteroatoms. The monoisotopic (exact) mass is 253 g/mol. The number of hydrogen-bond acceptors (Lipinski definition) is 4. The average Bonchev–Trinajstić information content (AvgIpc) is 2.26. The number of ether oxygens (including phenoxy) is 1. The molecule has 0 radical (unpaired) electrons. The van der Waals surface area contributed by atoms with Gasteiger partial charge < -0.3 is 9.84 Å². The van der Waals surface area contributed by atoms with Crippen LogP contribution in [0.25, 0.3) is 0 Å². The minimum atomic E-state index is -0.579. The smallest absolute Gasteiger partial charge is 0.276 e. The summed E-state index contributed by atoms with van der Waals surface area (Å²) in [6.45, 7) is 7.43. The summed E-state index contributed by atoms with van der Waals surface area (Å²) in [5.41, 5.74) is 1.47. The van der Waals surface area contributed by atoms with Gasteiger partial charge in [0.15, 0.2) is 0 Å². The molecule has 0 fully saturated rings. The molecule has 5 nitrogen and oxygen atoms in total. The second kappa shape index (κ2) is 5.82. The molecule has 0 aliphatic rings. The van der Waals surface area contributed by atoms with Crippen LogP contribution >= 0.6 is 0 Å². The van der Waals surface area contributed by atoms with Crippen LogP contribution in [0.15, 0.2) is 12.1 Å². The first-order chi connectivity index (χ1) is 8.32. The Morgan fingerprint density at radius 2 is 1.94 bits per heavy atom. The minimum Gasteiger partial charge on any atom is -0.490 e. The maximum Gasteiger partial charge on any atom is 0.276 e. The maximum atomic E-state index is 10.8. The molecule has 0 saturated carbocycles. The Morgan fingerprint density at radius 1 is 1.33 bits per heavy atom. The standard InChI is InChI=1S/C13H19NO4/c1-8(2)12(15)7-18-13-6-11(14(16)17)9(3)5-10(13)4/h5-6,8,12,15H,7H2,1-4H3. The molecule has 0 aliphatic heterocycles. The number of nitrogens with zero attached hydrogens (tertiary/aromatic N) is 1. The Morgan fingerprint density at radius 3 is 2.44 bits per heavy atom. The van der Waals surface area contributed by atoms with E-state index in [1.54, 1.807) is 13.0 Å². The molecular formula is C13H19NO4. The van der Waals surface area contributed by atoms with Crippen molar-refractivity contribution in [3.05, 3.63) is 33.4 Å². The van der Waals surface area contributed by atoms with Crippen molar-refractivity contribution in [2.24, 2.45) is 5.92 Å². The van der Waals surface area contributed by atoms with Gasteiger partial charge in [0.1, 0.15) is 12.4 Å². The Kier molecular flexibility index (Phi) is 4.67. The first kappa shape index (κ1) is 14.4. The Labute approximate surface area is 107 Å². The lowest BCUT2D eigenvalue weighted by atomic mass is 10.1. The summed E-state index contributed by atoms with van der Waals surface area (Å²) in [6.07, 6.45) is -0.579. The van der Waals surface area contributed by atoms with Crippen LogP contribution in [0, 0.1) is 29.9 Å². The summed E-state index contributed by atoms with van der Waals surface area (Å²) >= 11 is 0. The van der Waals surface area contributed by atoms with Crippen LogP contribution in [0.1, 0.15) is 25.0 Å². The van der Waals surface area contributed by atoms with Crippen molar-refractivity contribution < 1.29 is 14.8 Å². The van der Waals surface area contributed by atoms with Gasteiger partial charge in [0, 0.05) is 5.56 Å². The molecule has 1 aromatic carbocycles. The third-order valence-electron chi connectivity index (χ3n) is 2.87. The third kappa shape index (κ3) is 3.43. The minimum absolute atomic E-state index is 0.0367.